The van der Waals surface area contributed by atoms with Crippen molar-refractivity contribution in [3.05, 3.63) is 10.1 Å². The van der Waals surface area contributed by atoms with Crippen molar-refractivity contribution in [1.29, 1.82) is 0 Å². The molecule has 0 aromatic carbocycles. The monoisotopic (exact) mass is 330 g/mol. The minimum absolute atomic E-state index is 0.115. The maximum atomic E-state index is 13.8. The molecule has 2 rings (SSSR count). The minimum Gasteiger partial charge on any atom is -0.395 e. The molecule has 3 atom stereocenters. The number of aliphatic hydroxyl groups is 1. The lowest BCUT2D eigenvalue weighted by atomic mass is 9.90. The molecule has 2 aliphatic rings. The van der Waals surface area contributed by atoms with Crippen molar-refractivity contribution in [2.75, 3.05) is 20.2 Å². The van der Waals surface area contributed by atoms with E-state index in [1.807, 2.05) is 7.05 Å². The molecule has 0 aromatic heterocycles. The van der Waals surface area contributed by atoms with E-state index in [2.05, 4.69) is 15.1 Å². The summed E-state index contributed by atoms with van der Waals surface area (Å²) in [5.41, 5.74) is 0. The summed E-state index contributed by atoms with van der Waals surface area (Å²) < 4.78 is 13.8. The van der Waals surface area contributed by atoms with Crippen LogP contribution in [-0.2, 0) is 0 Å². The molecule has 0 aliphatic heterocycles. The molecule has 132 valence electrons. The predicted molar refractivity (Wildman–Crippen MR) is 83.9 cm³/mol. The van der Waals surface area contributed by atoms with Crippen molar-refractivity contribution in [2.45, 2.75) is 75.3 Å². The van der Waals surface area contributed by atoms with Crippen molar-refractivity contribution in [2.24, 2.45) is 10.2 Å². The Labute approximate surface area is 136 Å². The van der Waals surface area contributed by atoms with Crippen molar-refractivity contribution < 1.29 is 14.4 Å². The number of halogens is 1. The molecule has 0 amide bonds. The summed E-state index contributed by atoms with van der Waals surface area (Å²) in [5, 5.41) is 28.3. The van der Waals surface area contributed by atoms with Gasteiger partial charge in [0.05, 0.1) is 18.7 Å². The quantitative estimate of drug-likeness (QED) is 0.459. The Hall–Kier alpha value is -1.15. The molecule has 1 N–H and O–H groups in total. The zero-order valence-corrected chi connectivity index (χ0v) is 13.7. The number of hydrogen-bond acceptors (Lipinski definition) is 6. The van der Waals surface area contributed by atoms with Crippen LogP contribution in [0.25, 0.3) is 0 Å². The van der Waals surface area contributed by atoms with Gasteiger partial charge in [-0.1, -0.05) is 0 Å². The van der Waals surface area contributed by atoms with Gasteiger partial charge in [-0.15, -0.1) is 0 Å². The molecular formula is C15H27FN4O3. The Balaban J connectivity index is 1.74. The van der Waals surface area contributed by atoms with E-state index in [1.54, 1.807) is 0 Å². The Kier molecular flexibility index (Phi) is 6.83. The Morgan fingerprint density at radius 1 is 1.17 bits per heavy atom. The standard InChI is InChI=1S/C15H27FN4O3/c1-19(8-9-21)13-5-2-11(3-6-13)17-18-12-4-7-15(20(22)23)14(16)10-12/h11-15,21H,2-10H2,1H3. The zero-order chi connectivity index (χ0) is 16.8. The van der Waals surface area contributed by atoms with Crippen molar-refractivity contribution >= 4 is 0 Å². The highest BCUT2D eigenvalue weighted by atomic mass is 19.1. The highest BCUT2D eigenvalue weighted by Crippen LogP contribution is 2.28. The van der Waals surface area contributed by atoms with E-state index in [1.165, 1.54) is 0 Å². The first-order valence-corrected chi connectivity index (χ1v) is 8.50. The first-order valence-electron chi connectivity index (χ1n) is 8.50. The molecule has 0 aromatic rings. The summed E-state index contributed by atoms with van der Waals surface area (Å²) in [6, 6.07) is -0.616. The number of nitro groups is 1. The molecule has 2 aliphatic carbocycles. The van der Waals surface area contributed by atoms with Gasteiger partial charge < -0.3 is 10.0 Å². The maximum absolute atomic E-state index is 13.8. The summed E-state index contributed by atoms with van der Waals surface area (Å²) in [6.45, 7) is 0.863. The van der Waals surface area contributed by atoms with Crippen molar-refractivity contribution in [3.63, 3.8) is 0 Å². The van der Waals surface area contributed by atoms with Crippen LogP contribution in [0.1, 0.15) is 44.9 Å². The number of likely N-dealkylation sites (N-methyl/N-ethyl adjacent to an activating group) is 1. The zero-order valence-electron chi connectivity index (χ0n) is 13.7. The fourth-order valence-electron chi connectivity index (χ4n) is 3.56. The third-order valence-electron chi connectivity index (χ3n) is 5.12. The van der Waals surface area contributed by atoms with Gasteiger partial charge in [0.1, 0.15) is 0 Å². The number of rotatable bonds is 6. The first-order chi connectivity index (χ1) is 11.0. The highest BCUT2D eigenvalue weighted by Gasteiger charge is 2.38. The Bertz CT molecular complexity index is 416. The molecule has 0 bridgehead atoms. The predicted octanol–water partition coefficient (Wildman–Crippen LogP) is 2.21. The van der Waals surface area contributed by atoms with E-state index in [9.17, 15) is 14.5 Å². The summed E-state index contributed by atoms with van der Waals surface area (Å²) in [5.74, 6) is 0. The molecule has 2 fully saturated rings. The van der Waals surface area contributed by atoms with Crippen LogP contribution in [-0.4, -0.2) is 65.5 Å². The SMILES string of the molecule is CN(CCO)C1CCC(N=NC2CCC([N+](=O)[O-])C(F)C2)CC1. The lowest BCUT2D eigenvalue weighted by molar-refractivity contribution is -0.534. The highest BCUT2D eigenvalue weighted by molar-refractivity contribution is 4.85. The number of alkyl halides is 1. The van der Waals surface area contributed by atoms with Gasteiger partial charge in [-0.25, -0.2) is 4.39 Å². The number of hydrogen-bond donors (Lipinski definition) is 1. The second-order valence-corrected chi connectivity index (χ2v) is 6.73. The average Bonchev–Trinajstić information content (AvgIpc) is 2.53. The van der Waals surface area contributed by atoms with Crippen LogP contribution < -0.4 is 0 Å². The summed E-state index contributed by atoms with van der Waals surface area (Å²) >= 11 is 0. The van der Waals surface area contributed by atoms with Gasteiger partial charge in [0.2, 0.25) is 6.04 Å². The van der Waals surface area contributed by atoms with E-state index in [0.29, 0.717) is 19.0 Å². The third-order valence-corrected chi connectivity index (χ3v) is 5.12. The van der Waals surface area contributed by atoms with E-state index in [4.69, 9.17) is 5.11 Å². The van der Waals surface area contributed by atoms with E-state index >= 15 is 0 Å². The molecule has 7 nitrogen and oxygen atoms in total. The van der Waals surface area contributed by atoms with Gasteiger partial charge in [0, 0.05) is 30.4 Å². The number of aliphatic hydroxyl groups excluding tert-OH is 1. The van der Waals surface area contributed by atoms with Crippen molar-refractivity contribution in [1.82, 2.24) is 4.90 Å². The van der Waals surface area contributed by atoms with Gasteiger partial charge in [-0.3, -0.25) is 10.1 Å². The normalized spacial score (nSPS) is 35.7. The van der Waals surface area contributed by atoms with Gasteiger partial charge in [-0.05, 0) is 39.2 Å². The van der Waals surface area contributed by atoms with Gasteiger partial charge in [-0.2, -0.15) is 10.2 Å². The summed E-state index contributed by atoms with van der Waals surface area (Å²) in [7, 11) is 2.03. The second-order valence-electron chi connectivity index (χ2n) is 6.73. The smallest absolute Gasteiger partial charge is 0.244 e. The van der Waals surface area contributed by atoms with Crippen LogP contribution in [0.4, 0.5) is 4.39 Å². The molecule has 23 heavy (non-hydrogen) atoms. The van der Waals surface area contributed by atoms with Crippen LogP contribution in [0.3, 0.4) is 0 Å². The summed E-state index contributed by atoms with van der Waals surface area (Å²) in [6.07, 6.45) is 3.45. The lowest BCUT2D eigenvalue weighted by Crippen LogP contribution is -2.38. The lowest BCUT2D eigenvalue weighted by Gasteiger charge is -2.33. The van der Waals surface area contributed by atoms with Crippen LogP contribution >= 0.6 is 0 Å². The molecule has 2 saturated carbocycles. The third kappa shape index (κ3) is 5.17. The molecule has 3 unspecified atom stereocenters. The van der Waals surface area contributed by atoms with Gasteiger partial charge in [0.15, 0.2) is 6.17 Å². The Morgan fingerprint density at radius 3 is 2.35 bits per heavy atom. The first kappa shape index (κ1) is 18.2. The maximum Gasteiger partial charge on any atom is 0.244 e. The molecule has 0 spiro atoms. The fourth-order valence-corrected chi connectivity index (χ4v) is 3.56. The molecule has 0 saturated heterocycles. The van der Waals surface area contributed by atoms with Crippen molar-refractivity contribution in [3.8, 4) is 0 Å². The van der Waals surface area contributed by atoms with Gasteiger partial charge >= 0.3 is 0 Å². The van der Waals surface area contributed by atoms with Crippen LogP contribution in [0.5, 0.6) is 0 Å². The fraction of sp³-hybridized carbons (Fsp3) is 1.00. The largest absolute Gasteiger partial charge is 0.395 e. The van der Waals surface area contributed by atoms with Crippen LogP contribution in [0.2, 0.25) is 0 Å². The average molecular weight is 330 g/mol. The Morgan fingerprint density at radius 2 is 1.78 bits per heavy atom. The summed E-state index contributed by atoms with van der Waals surface area (Å²) in [4.78, 5) is 12.4. The molecule has 0 heterocycles. The van der Waals surface area contributed by atoms with Crippen LogP contribution in [0, 0.1) is 10.1 Å². The van der Waals surface area contributed by atoms with Gasteiger partial charge in [0.25, 0.3) is 0 Å². The minimum atomic E-state index is -1.41. The molecular weight excluding hydrogens is 303 g/mol. The number of nitrogens with zero attached hydrogens (tertiary/aromatic N) is 4. The second kappa shape index (κ2) is 8.63. The molecule has 0 radical (unpaired) electrons. The number of azo groups is 1. The van der Waals surface area contributed by atoms with E-state index in [-0.39, 0.29) is 31.5 Å². The van der Waals surface area contributed by atoms with Crippen LogP contribution in [0.15, 0.2) is 10.2 Å². The van der Waals surface area contributed by atoms with E-state index < -0.39 is 17.1 Å². The molecule has 8 heteroatoms. The van der Waals surface area contributed by atoms with E-state index in [0.717, 1.165) is 25.7 Å². The topological polar surface area (TPSA) is 91.3 Å².